The highest BCUT2D eigenvalue weighted by atomic mass is 16.6. The summed E-state index contributed by atoms with van der Waals surface area (Å²) in [7, 11) is 1.40. The molecule has 0 aliphatic rings. The highest BCUT2D eigenvalue weighted by Crippen LogP contribution is 2.41. The highest BCUT2D eigenvalue weighted by Gasteiger charge is 2.21. The molecule has 1 radical (unpaired) electrons. The molecule has 2 aromatic rings. The second-order valence-corrected chi connectivity index (χ2v) is 9.69. The Hall–Kier alpha value is -2.30. The van der Waals surface area contributed by atoms with Gasteiger partial charge in [-0.25, -0.2) is 0 Å². The Bertz CT molecular complexity index is 830. The van der Waals surface area contributed by atoms with Gasteiger partial charge in [-0.3, -0.25) is 0 Å². The Morgan fingerprint density at radius 1 is 0.576 bits per heavy atom. The summed E-state index contributed by atoms with van der Waals surface area (Å²) in [5.41, 5.74) is 4.71. The first-order valence-electron chi connectivity index (χ1n) is 12.4. The number of benzene rings is 2. The number of hydrogen-bond donors (Lipinski definition) is 0. The fourth-order valence-corrected chi connectivity index (χ4v) is 3.72. The van der Waals surface area contributed by atoms with Crippen LogP contribution in [0.3, 0.4) is 0 Å². The van der Waals surface area contributed by atoms with Crippen molar-refractivity contribution in [3.05, 3.63) is 46.5 Å². The van der Waals surface area contributed by atoms with Crippen molar-refractivity contribution in [3.63, 3.8) is 0 Å². The van der Waals surface area contributed by atoms with Crippen LogP contribution >= 0.6 is 0 Å². The van der Waals surface area contributed by atoms with Gasteiger partial charge in [-0.1, -0.05) is 67.5 Å². The zero-order valence-electron chi connectivity index (χ0n) is 22.2. The lowest BCUT2D eigenvalue weighted by atomic mass is 9.94. The van der Waals surface area contributed by atoms with Gasteiger partial charge in [0.15, 0.2) is 11.5 Å². The zero-order valence-corrected chi connectivity index (χ0v) is 22.2. The predicted octanol–water partition coefficient (Wildman–Crippen LogP) is 7.97. The van der Waals surface area contributed by atoms with E-state index in [4.69, 9.17) is 18.8 Å². The van der Waals surface area contributed by atoms with Gasteiger partial charge in [-0.2, -0.15) is 0 Å². The van der Waals surface area contributed by atoms with Gasteiger partial charge in [0.05, 0.1) is 13.2 Å². The fourth-order valence-electron chi connectivity index (χ4n) is 3.72. The van der Waals surface area contributed by atoms with Crippen LogP contribution in [0.25, 0.3) is 0 Å². The average molecular weight is 453 g/mol. The molecule has 0 fully saturated rings. The summed E-state index contributed by atoms with van der Waals surface area (Å²) >= 11 is 0. The first kappa shape index (κ1) is 27.0. The van der Waals surface area contributed by atoms with Crippen molar-refractivity contribution in [3.8, 4) is 23.0 Å². The van der Waals surface area contributed by atoms with Crippen molar-refractivity contribution < 1.29 is 18.8 Å². The van der Waals surface area contributed by atoms with Gasteiger partial charge >= 0.3 is 7.69 Å². The van der Waals surface area contributed by atoms with Gasteiger partial charge in [-0.15, -0.1) is 0 Å². The van der Waals surface area contributed by atoms with E-state index in [1.807, 2.05) is 13.8 Å². The summed E-state index contributed by atoms with van der Waals surface area (Å²) in [4.78, 5) is 0. The van der Waals surface area contributed by atoms with E-state index in [1.54, 1.807) is 0 Å². The molecule has 0 N–H and O–H groups in total. The monoisotopic (exact) mass is 453 g/mol. The molecule has 0 spiro atoms. The third kappa shape index (κ3) is 6.85. The molecule has 181 valence electrons. The Morgan fingerprint density at radius 3 is 1.21 bits per heavy atom. The van der Waals surface area contributed by atoms with Gasteiger partial charge in [0, 0.05) is 11.1 Å². The first-order valence-corrected chi connectivity index (χ1v) is 12.4. The van der Waals surface area contributed by atoms with Gasteiger partial charge in [-0.05, 0) is 60.8 Å². The molecule has 0 saturated heterocycles. The van der Waals surface area contributed by atoms with E-state index in [2.05, 4.69) is 79.7 Å². The Kier molecular flexibility index (Phi) is 10.0. The van der Waals surface area contributed by atoms with Crippen LogP contribution in [-0.4, -0.2) is 20.9 Å². The molecule has 0 atom stereocenters. The third-order valence-electron chi connectivity index (χ3n) is 5.72. The lowest BCUT2D eigenvalue weighted by molar-refractivity contribution is 0.312. The van der Waals surface area contributed by atoms with Gasteiger partial charge in [0.2, 0.25) is 0 Å². The molecule has 0 aliphatic heterocycles. The van der Waals surface area contributed by atoms with Crippen LogP contribution in [0.5, 0.6) is 23.0 Å². The van der Waals surface area contributed by atoms with Crippen LogP contribution in [0, 0.1) is 0 Å². The first-order chi connectivity index (χ1) is 15.6. The lowest BCUT2D eigenvalue weighted by Crippen LogP contribution is -2.15. The molecular weight excluding hydrogens is 411 g/mol. The molecule has 4 nitrogen and oxygen atoms in total. The molecule has 0 amide bonds. The SMILES string of the molecule is CCOc1c(O[B]Oc2cc(C(C)C)cc(C(C)C)c2OCC)cc(C(C)C)cc1C(C)C. The van der Waals surface area contributed by atoms with E-state index in [-0.39, 0.29) is 0 Å². The second kappa shape index (κ2) is 12.2. The lowest BCUT2D eigenvalue weighted by Gasteiger charge is -2.22. The van der Waals surface area contributed by atoms with Crippen molar-refractivity contribution in [2.45, 2.75) is 92.9 Å². The van der Waals surface area contributed by atoms with Crippen LogP contribution in [0.15, 0.2) is 24.3 Å². The summed E-state index contributed by atoms with van der Waals surface area (Å²) in [6.07, 6.45) is 0. The van der Waals surface area contributed by atoms with E-state index in [1.165, 1.54) is 18.8 Å². The molecule has 0 aliphatic carbocycles. The van der Waals surface area contributed by atoms with E-state index >= 15 is 0 Å². The Morgan fingerprint density at radius 2 is 0.939 bits per heavy atom. The molecule has 2 rings (SSSR count). The molecular formula is C28H42BO4. The van der Waals surface area contributed by atoms with Crippen LogP contribution < -0.4 is 18.8 Å². The molecule has 33 heavy (non-hydrogen) atoms. The maximum absolute atomic E-state index is 6.08. The maximum Gasteiger partial charge on any atom is 0.658 e. The third-order valence-corrected chi connectivity index (χ3v) is 5.72. The molecule has 0 heterocycles. The van der Waals surface area contributed by atoms with Gasteiger partial charge in [0.25, 0.3) is 0 Å². The van der Waals surface area contributed by atoms with E-state index in [9.17, 15) is 0 Å². The van der Waals surface area contributed by atoms with Crippen molar-refractivity contribution >= 4 is 7.69 Å². The average Bonchev–Trinajstić information content (AvgIpc) is 2.74. The zero-order chi connectivity index (χ0) is 24.7. The topological polar surface area (TPSA) is 36.9 Å². The summed E-state index contributed by atoms with van der Waals surface area (Å²) in [6, 6.07) is 8.55. The van der Waals surface area contributed by atoms with Crippen LogP contribution in [0.2, 0.25) is 0 Å². The van der Waals surface area contributed by atoms with Crippen LogP contribution in [0.1, 0.15) is 115 Å². The minimum Gasteiger partial charge on any atom is -0.524 e. The molecule has 0 saturated carbocycles. The van der Waals surface area contributed by atoms with E-state index in [0.29, 0.717) is 48.4 Å². The highest BCUT2D eigenvalue weighted by molar-refractivity contribution is 6.21. The van der Waals surface area contributed by atoms with Crippen molar-refractivity contribution in [2.24, 2.45) is 0 Å². The molecule has 0 unspecified atom stereocenters. The Labute approximate surface area is 202 Å². The number of ether oxygens (including phenoxy) is 2. The summed E-state index contributed by atoms with van der Waals surface area (Å²) in [5, 5.41) is 0. The molecule has 5 heteroatoms. The normalized spacial score (nSPS) is 11.5. The van der Waals surface area contributed by atoms with Gasteiger partial charge < -0.3 is 18.8 Å². The van der Waals surface area contributed by atoms with Crippen LogP contribution in [0.4, 0.5) is 0 Å². The van der Waals surface area contributed by atoms with Gasteiger partial charge in [0.1, 0.15) is 11.5 Å². The predicted molar refractivity (Wildman–Crippen MR) is 139 cm³/mol. The number of hydrogen-bond acceptors (Lipinski definition) is 4. The largest absolute Gasteiger partial charge is 0.658 e. The summed E-state index contributed by atoms with van der Waals surface area (Å²) in [5.74, 6) is 4.29. The van der Waals surface area contributed by atoms with Crippen molar-refractivity contribution in [2.75, 3.05) is 13.2 Å². The minimum absolute atomic E-state index is 0.314. The summed E-state index contributed by atoms with van der Waals surface area (Å²) < 4.78 is 24.2. The van der Waals surface area contributed by atoms with Crippen LogP contribution in [-0.2, 0) is 0 Å². The summed E-state index contributed by atoms with van der Waals surface area (Å²) in [6.45, 7) is 22.5. The fraction of sp³-hybridized carbons (Fsp3) is 0.571. The van der Waals surface area contributed by atoms with Crippen molar-refractivity contribution in [1.82, 2.24) is 0 Å². The number of rotatable bonds is 12. The van der Waals surface area contributed by atoms with E-state index in [0.717, 1.165) is 22.6 Å². The minimum atomic E-state index is 0.314. The quantitative estimate of drug-likeness (QED) is 0.305. The van der Waals surface area contributed by atoms with Crippen molar-refractivity contribution in [1.29, 1.82) is 0 Å². The van der Waals surface area contributed by atoms with E-state index < -0.39 is 0 Å². The molecule has 0 bridgehead atoms. The second-order valence-electron chi connectivity index (χ2n) is 9.69. The molecule has 2 aromatic carbocycles. The standard InChI is InChI=1S/C28H42BO4/c1-11-30-27-23(19(7)8)13-21(17(3)4)15-25(27)32-29-33-26-16-22(18(5)6)14-24(20(9)10)28(26)31-12-2/h13-20H,11-12H2,1-10H3. The smallest absolute Gasteiger partial charge is 0.524 e. The Balaban J connectivity index is 2.41. The maximum atomic E-state index is 6.08. The molecule has 0 aromatic heterocycles.